The van der Waals surface area contributed by atoms with Gasteiger partial charge in [0.05, 0.1) is 6.61 Å². The maximum absolute atomic E-state index is 13.0. The van der Waals surface area contributed by atoms with Gasteiger partial charge in [0.1, 0.15) is 11.5 Å². The number of nitrogens with one attached hydrogen (secondary N) is 1. The lowest BCUT2D eigenvalue weighted by Crippen LogP contribution is -2.40. The summed E-state index contributed by atoms with van der Waals surface area (Å²) in [7, 11) is -3.60. The largest absolute Gasteiger partial charge is 0.494 e. The van der Waals surface area contributed by atoms with E-state index in [-0.39, 0.29) is 5.75 Å². The van der Waals surface area contributed by atoms with Gasteiger partial charge in [-0.25, -0.2) is 13.9 Å². The van der Waals surface area contributed by atoms with Gasteiger partial charge in [-0.1, -0.05) is 25.7 Å². The topological polar surface area (TPSA) is 88.2 Å². The van der Waals surface area contributed by atoms with E-state index < -0.39 is 16.1 Å². The zero-order valence-corrected chi connectivity index (χ0v) is 19.9. The summed E-state index contributed by atoms with van der Waals surface area (Å²) in [5, 5.41) is 0. The summed E-state index contributed by atoms with van der Waals surface area (Å²) in [4.78, 5) is 17.9. The standard InChI is InChI=1S/C23H35N3O5S/c1-3-5-6-7-8-10-23(31-24-20-27)19-32(28,29)26-16-9-15-25(17-18-26)21-11-13-22(14-12-21)30-4-2/h11-14,20,23H,3-7,9,15-19H2,1-2H3,(H,24,27). The maximum atomic E-state index is 13.0. The molecule has 1 saturated heterocycles. The normalized spacial score (nSPS) is 15.9. The molecule has 1 amide bonds. The summed E-state index contributed by atoms with van der Waals surface area (Å²) in [5.41, 5.74) is 3.14. The Morgan fingerprint density at radius 3 is 2.59 bits per heavy atom. The number of nitrogens with zero attached hydrogens (tertiary/aromatic N) is 2. The molecule has 1 aromatic rings. The second-order valence-corrected chi connectivity index (χ2v) is 9.58. The molecule has 0 spiro atoms. The van der Waals surface area contributed by atoms with Crippen molar-refractivity contribution >= 4 is 22.1 Å². The van der Waals surface area contributed by atoms with Crippen molar-refractivity contribution in [3.63, 3.8) is 0 Å². The van der Waals surface area contributed by atoms with Gasteiger partial charge in [-0.15, -0.1) is 5.92 Å². The first-order chi connectivity index (χ1) is 15.5. The van der Waals surface area contributed by atoms with Gasteiger partial charge < -0.3 is 9.64 Å². The third kappa shape index (κ3) is 8.69. The highest BCUT2D eigenvalue weighted by atomic mass is 32.2. The van der Waals surface area contributed by atoms with E-state index in [0.717, 1.165) is 37.2 Å². The Bertz CT molecular complexity index is 849. The van der Waals surface area contributed by atoms with Gasteiger partial charge in [-0.05, 0) is 44.0 Å². The van der Waals surface area contributed by atoms with Crippen molar-refractivity contribution in [1.82, 2.24) is 9.79 Å². The number of hydrogen-bond donors (Lipinski definition) is 1. The molecule has 1 unspecified atom stereocenters. The number of sulfonamides is 1. The molecule has 1 N–H and O–H groups in total. The van der Waals surface area contributed by atoms with E-state index in [9.17, 15) is 13.2 Å². The van der Waals surface area contributed by atoms with Crippen molar-refractivity contribution in [3.8, 4) is 17.6 Å². The lowest BCUT2D eigenvalue weighted by Gasteiger charge is -2.24. The fourth-order valence-electron chi connectivity index (χ4n) is 3.51. The predicted octanol–water partition coefficient (Wildman–Crippen LogP) is 2.56. The fourth-order valence-corrected chi connectivity index (χ4v) is 5.02. The molecule has 8 nitrogen and oxygen atoms in total. The SMILES string of the molecule is CCCCCC#CC(CS(=O)(=O)N1CCCN(c2ccc(OCC)cc2)CC1)ONC=O. The Labute approximate surface area is 192 Å². The van der Waals surface area contributed by atoms with Gasteiger partial charge in [0.15, 0.2) is 6.10 Å². The van der Waals surface area contributed by atoms with Gasteiger partial charge >= 0.3 is 0 Å². The van der Waals surface area contributed by atoms with Crippen molar-refractivity contribution < 1.29 is 22.8 Å². The number of ether oxygens (including phenoxy) is 1. The van der Waals surface area contributed by atoms with Crippen molar-refractivity contribution in [2.24, 2.45) is 0 Å². The average Bonchev–Trinajstić information content (AvgIpc) is 3.05. The first-order valence-electron chi connectivity index (χ1n) is 11.3. The molecule has 1 heterocycles. The Morgan fingerprint density at radius 2 is 1.91 bits per heavy atom. The van der Waals surface area contributed by atoms with Crippen LogP contribution < -0.4 is 15.1 Å². The minimum atomic E-state index is -3.60. The number of carbonyl (C=O) groups is 1. The predicted molar refractivity (Wildman–Crippen MR) is 126 cm³/mol. The van der Waals surface area contributed by atoms with Gasteiger partial charge in [0.2, 0.25) is 16.4 Å². The maximum Gasteiger partial charge on any atom is 0.230 e. The zero-order chi connectivity index (χ0) is 23.2. The first-order valence-corrected chi connectivity index (χ1v) is 12.9. The lowest BCUT2D eigenvalue weighted by atomic mass is 10.2. The average molecular weight is 466 g/mol. The second-order valence-electron chi connectivity index (χ2n) is 7.57. The molecule has 0 radical (unpaired) electrons. The molecule has 32 heavy (non-hydrogen) atoms. The Balaban J connectivity index is 1.98. The second kappa shape index (κ2) is 14.0. The summed E-state index contributed by atoms with van der Waals surface area (Å²) >= 11 is 0. The number of amides is 1. The van der Waals surface area contributed by atoms with Crippen molar-refractivity contribution in [1.29, 1.82) is 0 Å². The Hall–Kier alpha value is -2.28. The molecule has 9 heteroatoms. The van der Waals surface area contributed by atoms with Crippen LogP contribution in [0.15, 0.2) is 24.3 Å². The minimum absolute atomic E-state index is 0.294. The van der Waals surface area contributed by atoms with Crippen molar-refractivity contribution in [2.45, 2.75) is 52.1 Å². The summed E-state index contributed by atoms with van der Waals surface area (Å²) in [6, 6.07) is 7.86. The fraction of sp³-hybridized carbons (Fsp3) is 0.609. The van der Waals surface area contributed by atoms with Crippen LogP contribution in [0.25, 0.3) is 0 Å². The molecule has 1 aliphatic heterocycles. The van der Waals surface area contributed by atoms with Crippen LogP contribution in [0.5, 0.6) is 5.75 Å². The highest BCUT2D eigenvalue weighted by Gasteiger charge is 2.28. The minimum Gasteiger partial charge on any atom is -0.494 e. The van der Waals surface area contributed by atoms with E-state index in [2.05, 4.69) is 29.1 Å². The molecule has 0 aromatic heterocycles. The number of anilines is 1. The monoisotopic (exact) mass is 465 g/mol. The van der Waals surface area contributed by atoms with E-state index >= 15 is 0 Å². The molecule has 1 aromatic carbocycles. The Kier molecular flexibility index (Phi) is 11.4. The molecular formula is C23H35N3O5S. The summed E-state index contributed by atoms with van der Waals surface area (Å²) in [6.07, 6.45) is 3.98. The van der Waals surface area contributed by atoms with E-state index in [0.29, 0.717) is 45.5 Å². The first kappa shape index (κ1) is 26.0. The summed E-state index contributed by atoms with van der Waals surface area (Å²) < 4.78 is 33.1. The quantitative estimate of drug-likeness (QED) is 0.221. The van der Waals surface area contributed by atoms with Crippen LogP contribution in [0, 0.1) is 11.8 Å². The molecule has 0 saturated carbocycles. The number of hydroxylamine groups is 1. The van der Waals surface area contributed by atoms with Gasteiger partial charge in [-0.2, -0.15) is 4.31 Å². The molecule has 2 rings (SSSR count). The summed E-state index contributed by atoms with van der Waals surface area (Å²) in [5.74, 6) is 6.36. The number of rotatable bonds is 12. The molecule has 1 atom stereocenters. The third-order valence-corrected chi connectivity index (χ3v) is 7.03. The highest BCUT2D eigenvalue weighted by molar-refractivity contribution is 7.89. The number of unbranched alkanes of at least 4 members (excludes halogenated alkanes) is 3. The summed E-state index contributed by atoms with van der Waals surface area (Å²) in [6.45, 7) is 6.85. The number of carbonyl (C=O) groups excluding carboxylic acids is 1. The molecule has 178 valence electrons. The van der Waals surface area contributed by atoms with E-state index in [1.54, 1.807) is 0 Å². The highest BCUT2D eigenvalue weighted by Crippen LogP contribution is 2.21. The van der Waals surface area contributed by atoms with Crippen LogP contribution in [-0.2, 0) is 19.7 Å². The molecule has 0 aliphatic carbocycles. The van der Waals surface area contributed by atoms with Crippen LogP contribution in [0.3, 0.4) is 0 Å². The lowest BCUT2D eigenvalue weighted by molar-refractivity contribution is -0.122. The van der Waals surface area contributed by atoms with Crippen LogP contribution in [0.4, 0.5) is 5.69 Å². The van der Waals surface area contributed by atoms with Gasteiger partial charge in [-0.3, -0.25) is 9.63 Å². The zero-order valence-electron chi connectivity index (χ0n) is 19.1. The van der Waals surface area contributed by atoms with E-state index in [4.69, 9.17) is 9.57 Å². The van der Waals surface area contributed by atoms with Crippen molar-refractivity contribution in [3.05, 3.63) is 24.3 Å². The van der Waals surface area contributed by atoms with Gasteiger partial charge in [0, 0.05) is 38.3 Å². The van der Waals surface area contributed by atoms with Crippen LogP contribution in [-0.4, -0.2) is 63.8 Å². The van der Waals surface area contributed by atoms with Crippen molar-refractivity contribution in [2.75, 3.05) is 43.4 Å². The van der Waals surface area contributed by atoms with Crippen LogP contribution in [0.1, 0.15) is 46.0 Å². The molecular weight excluding hydrogens is 430 g/mol. The smallest absolute Gasteiger partial charge is 0.230 e. The number of hydrogen-bond acceptors (Lipinski definition) is 6. The van der Waals surface area contributed by atoms with Crippen LogP contribution >= 0.6 is 0 Å². The Morgan fingerprint density at radius 1 is 1.12 bits per heavy atom. The third-order valence-electron chi connectivity index (χ3n) is 5.15. The van der Waals surface area contributed by atoms with E-state index in [1.165, 1.54) is 4.31 Å². The molecule has 0 bridgehead atoms. The van der Waals surface area contributed by atoms with E-state index in [1.807, 2.05) is 31.2 Å². The number of benzene rings is 1. The van der Waals surface area contributed by atoms with Gasteiger partial charge in [0.25, 0.3) is 0 Å². The molecule has 1 aliphatic rings. The molecule has 1 fully saturated rings. The van der Waals surface area contributed by atoms with Crippen LogP contribution in [0.2, 0.25) is 0 Å².